The lowest BCUT2D eigenvalue weighted by molar-refractivity contribution is -0.143. The Labute approximate surface area is 210 Å². The van der Waals surface area contributed by atoms with Crippen molar-refractivity contribution >= 4 is 39.3 Å². The number of hydrogen-bond acceptors (Lipinski definition) is 6. The van der Waals surface area contributed by atoms with Gasteiger partial charge in [-0.15, -0.1) is 11.3 Å². The molecule has 0 aromatic carbocycles. The van der Waals surface area contributed by atoms with Crippen LogP contribution in [0.1, 0.15) is 40.3 Å². The first-order valence-electron chi connectivity index (χ1n) is 11.8. The number of fused-ring (bicyclic) bond motifs is 2. The van der Waals surface area contributed by atoms with E-state index in [1.54, 1.807) is 25.3 Å². The maximum absolute atomic E-state index is 13.5. The first-order valence-corrected chi connectivity index (χ1v) is 12.6. The molecule has 2 aliphatic heterocycles. The summed E-state index contributed by atoms with van der Waals surface area (Å²) in [7, 11) is 0. The highest BCUT2D eigenvalue weighted by Crippen LogP contribution is 2.63. The molecule has 3 aromatic heterocycles. The highest BCUT2D eigenvalue weighted by molar-refractivity contribution is 7.19. The predicted octanol–water partition coefficient (Wildman–Crippen LogP) is 4.21. The van der Waals surface area contributed by atoms with E-state index in [4.69, 9.17) is 0 Å². The number of nitrogens with zero attached hydrogens (tertiary/aromatic N) is 4. The molecule has 186 valence electrons. The Morgan fingerprint density at radius 2 is 1.81 bits per heavy atom. The third kappa shape index (κ3) is 3.30. The highest BCUT2D eigenvalue weighted by Gasteiger charge is 2.72. The number of alkyl halides is 2. The molecule has 7 nitrogen and oxygen atoms in total. The zero-order valence-electron chi connectivity index (χ0n) is 20.3. The molecule has 10 heteroatoms. The molecule has 2 atom stereocenters. The second-order valence-electron chi connectivity index (χ2n) is 10.6. The molecule has 2 saturated heterocycles. The minimum atomic E-state index is -2.87. The average Bonchev–Trinajstić information content (AvgIpc) is 3.02. The molecule has 3 fully saturated rings. The van der Waals surface area contributed by atoms with Crippen LogP contribution in [-0.4, -0.2) is 56.5 Å². The van der Waals surface area contributed by atoms with Crippen molar-refractivity contribution < 1.29 is 23.2 Å². The molecular formula is C26H24F2N4O3S. The summed E-state index contributed by atoms with van der Waals surface area (Å²) >= 11 is 1.39. The van der Waals surface area contributed by atoms with Gasteiger partial charge in [-0.1, -0.05) is 13.8 Å². The Kier molecular flexibility index (Phi) is 4.74. The monoisotopic (exact) mass is 510 g/mol. The molecule has 1 aliphatic carbocycles. The zero-order chi connectivity index (χ0) is 25.7. The summed E-state index contributed by atoms with van der Waals surface area (Å²) in [4.78, 5) is 51.2. The van der Waals surface area contributed by atoms with Gasteiger partial charge >= 0.3 is 0 Å². The predicted molar refractivity (Wildman–Crippen MR) is 129 cm³/mol. The van der Waals surface area contributed by atoms with E-state index in [9.17, 15) is 23.2 Å². The van der Waals surface area contributed by atoms with E-state index in [1.165, 1.54) is 16.2 Å². The summed E-state index contributed by atoms with van der Waals surface area (Å²) < 4.78 is 27.7. The van der Waals surface area contributed by atoms with Gasteiger partial charge in [0, 0.05) is 22.3 Å². The molecule has 0 bridgehead atoms. The van der Waals surface area contributed by atoms with Gasteiger partial charge in [0.05, 0.1) is 52.9 Å². The Bertz CT molecular complexity index is 1470. The number of amides is 3. The van der Waals surface area contributed by atoms with Gasteiger partial charge in [-0.3, -0.25) is 29.3 Å². The van der Waals surface area contributed by atoms with E-state index in [2.05, 4.69) is 9.97 Å². The lowest BCUT2D eigenvalue weighted by atomic mass is 9.98. The first kappa shape index (κ1) is 23.1. The smallest absolute Gasteiger partial charge is 0.282 e. The Balaban J connectivity index is 1.38. The molecular weight excluding hydrogens is 486 g/mol. The van der Waals surface area contributed by atoms with Gasteiger partial charge < -0.3 is 4.90 Å². The Hall–Kier alpha value is -3.27. The number of pyridine rings is 2. The largest absolute Gasteiger partial charge is 0.326 e. The Morgan fingerprint density at radius 3 is 2.44 bits per heavy atom. The van der Waals surface area contributed by atoms with E-state index in [0.717, 1.165) is 14.5 Å². The maximum atomic E-state index is 13.5. The number of piperidine rings is 1. The second kappa shape index (κ2) is 7.38. The number of thiophene rings is 1. The Morgan fingerprint density at radius 1 is 1.14 bits per heavy atom. The SMILES string of the molecule is Cc1cc(C)c(C(=O)N2CC(F)(F)C2)c(-c2ccnc3cc(CN4C(=O)C5C(C4=O)C5(C)C)sc23)n1. The number of imide groups is 1. The number of aryl methyl sites for hydroxylation is 2. The van der Waals surface area contributed by atoms with Crippen LogP contribution >= 0.6 is 11.3 Å². The molecule has 36 heavy (non-hydrogen) atoms. The van der Waals surface area contributed by atoms with Gasteiger partial charge in [-0.05, 0) is 43.0 Å². The average molecular weight is 511 g/mol. The normalized spacial score (nSPS) is 23.7. The van der Waals surface area contributed by atoms with Crippen molar-refractivity contribution in [3.63, 3.8) is 0 Å². The van der Waals surface area contributed by atoms with E-state index in [0.29, 0.717) is 33.6 Å². The van der Waals surface area contributed by atoms with E-state index in [-0.39, 0.29) is 35.6 Å². The van der Waals surface area contributed by atoms with Crippen LogP contribution in [0.5, 0.6) is 0 Å². The fraction of sp³-hybridized carbons (Fsp3) is 0.423. The molecule has 0 spiro atoms. The minimum Gasteiger partial charge on any atom is -0.326 e. The van der Waals surface area contributed by atoms with Crippen molar-refractivity contribution in [3.8, 4) is 11.3 Å². The quantitative estimate of drug-likeness (QED) is 0.491. The number of carbonyl (C=O) groups is 3. The summed E-state index contributed by atoms with van der Waals surface area (Å²) in [5.41, 5.74) is 3.14. The number of aromatic nitrogens is 2. The third-order valence-electron chi connectivity index (χ3n) is 7.61. The van der Waals surface area contributed by atoms with Crippen LogP contribution in [0.15, 0.2) is 24.4 Å². The van der Waals surface area contributed by atoms with Crippen molar-refractivity contribution in [1.29, 1.82) is 0 Å². The number of likely N-dealkylation sites (tertiary alicyclic amines) is 2. The van der Waals surface area contributed by atoms with E-state index in [1.807, 2.05) is 26.8 Å². The molecule has 6 rings (SSSR count). The van der Waals surface area contributed by atoms with Crippen molar-refractivity contribution in [3.05, 3.63) is 46.1 Å². The summed E-state index contributed by atoms with van der Waals surface area (Å²) in [6.45, 7) is 6.45. The van der Waals surface area contributed by atoms with Crippen molar-refractivity contribution in [2.24, 2.45) is 17.3 Å². The minimum absolute atomic E-state index is 0.129. The van der Waals surface area contributed by atoms with Gasteiger partial charge in [0.15, 0.2) is 0 Å². The topological polar surface area (TPSA) is 83.5 Å². The molecule has 3 aromatic rings. The number of hydrogen-bond donors (Lipinski definition) is 0. The molecule has 3 amide bonds. The summed E-state index contributed by atoms with van der Waals surface area (Å²) in [5.74, 6) is -4.08. The number of halogens is 2. The van der Waals surface area contributed by atoms with Gasteiger partial charge in [0.1, 0.15) is 0 Å². The van der Waals surface area contributed by atoms with Crippen LogP contribution < -0.4 is 0 Å². The van der Waals surface area contributed by atoms with Crippen molar-refractivity contribution in [1.82, 2.24) is 19.8 Å². The lowest BCUT2D eigenvalue weighted by Gasteiger charge is -2.39. The molecule has 0 N–H and O–H groups in total. The molecule has 0 radical (unpaired) electrons. The zero-order valence-corrected chi connectivity index (χ0v) is 21.1. The number of rotatable bonds is 4. The first-order chi connectivity index (χ1) is 16.9. The van der Waals surface area contributed by atoms with Crippen molar-refractivity contribution in [2.75, 3.05) is 13.1 Å². The van der Waals surface area contributed by atoms with Crippen LogP contribution in [0, 0.1) is 31.1 Å². The lowest BCUT2D eigenvalue weighted by Crippen LogP contribution is -2.58. The highest BCUT2D eigenvalue weighted by atomic mass is 32.1. The summed E-state index contributed by atoms with van der Waals surface area (Å²) in [6, 6.07) is 5.37. The van der Waals surface area contributed by atoms with Gasteiger partial charge in [0.25, 0.3) is 11.8 Å². The van der Waals surface area contributed by atoms with Crippen molar-refractivity contribution in [2.45, 2.75) is 40.2 Å². The summed E-state index contributed by atoms with van der Waals surface area (Å²) in [6.07, 6.45) is 1.61. The van der Waals surface area contributed by atoms with E-state index < -0.39 is 24.9 Å². The molecule has 2 unspecified atom stereocenters. The fourth-order valence-electron chi connectivity index (χ4n) is 5.68. The maximum Gasteiger partial charge on any atom is 0.282 e. The van der Waals surface area contributed by atoms with E-state index >= 15 is 0 Å². The van der Waals surface area contributed by atoms with Gasteiger partial charge in [0.2, 0.25) is 11.8 Å². The fourth-order valence-corrected chi connectivity index (χ4v) is 6.80. The van der Waals surface area contributed by atoms with Gasteiger partial charge in [-0.2, -0.15) is 0 Å². The van der Waals surface area contributed by atoms with Crippen LogP contribution in [0.2, 0.25) is 0 Å². The molecule has 1 saturated carbocycles. The second-order valence-corrected chi connectivity index (χ2v) is 11.8. The van der Waals surface area contributed by atoms with Crippen LogP contribution in [0.3, 0.4) is 0 Å². The van der Waals surface area contributed by atoms with Crippen LogP contribution in [-0.2, 0) is 16.1 Å². The van der Waals surface area contributed by atoms with Gasteiger partial charge in [-0.25, -0.2) is 8.78 Å². The third-order valence-corrected chi connectivity index (χ3v) is 8.76. The summed E-state index contributed by atoms with van der Waals surface area (Å²) in [5, 5.41) is 0. The number of carbonyl (C=O) groups excluding carboxylic acids is 3. The molecule has 3 aliphatic rings. The standard InChI is InChI=1S/C26H24F2N4O3S/c1-12-7-13(2)30-20(17(12)22(33)31-10-26(27,28)11-31)15-5-6-29-16-8-14(36-21(15)16)9-32-23(34)18-19(24(32)35)25(18,3)4/h5-8,18-19H,9-11H2,1-4H3. The molecule has 5 heterocycles. The van der Waals surface area contributed by atoms with Crippen LogP contribution in [0.4, 0.5) is 8.78 Å². The van der Waals surface area contributed by atoms with Crippen LogP contribution in [0.25, 0.3) is 21.5 Å².